The summed E-state index contributed by atoms with van der Waals surface area (Å²) in [6, 6.07) is 10.1. The standard InChI is InChI=1S/C18H22N2O/c21-17(16-13-14-5-1-2-6-15(14)19-16)20-11-9-18(10-12-20)7-3-4-8-18/h1-2,5-6,13,19H,3-4,7-12H2. The third kappa shape index (κ3) is 2.25. The number of benzene rings is 1. The highest BCUT2D eigenvalue weighted by atomic mass is 16.2. The SMILES string of the molecule is O=C(c1cc2ccccc2[nH]1)N1CCC2(CCCC2)CC1. The number of amides is 1. The van der Waals surface area contributed by atoms with E-state index < -0.39 is 0 Å². The Morgan fingerprint density at radius 3 is 2.48 bits per heavy atom. The summed E-state index contributed by atoms with van der Waals surface area (Å²) in [5, 5.41) is 1.12. The van der Waals surface area contributed by atoms with Crippen LogP contribution in [0.3, 0.4) is 0 Å². The Morgan fingerprint density at radius 1 is 1.05 bits per heavy atom. The number of carbonyl (C=O) groups excluding carboxylic acids is 1. The minimum Gasteiger partial charge on any atom is -0.351 e. The molecule has 2 aromatic rings. The van der Waals surface area contributed by atoms with Crippen molar-refractivity contribution in [3.8, 4) is 0 Å². The molecule has 0 unspecified atom stereocenters. The molecule has 0 atom stereocenters. The molecule has 1 aliphatic heterocycles. The zero-order chi connectivity index (χ0) is 14.3. The van der Waals surface area contributed by atoms with Crippen molar-refractivity contribution in [2.45, 2.75) is 38.5 Å². The van der Waals surface area contributed by atoms with Crippen LogP contribution in [0.5, 0.6) is 0 Å². The van der Waals surface area contributed by atoms with Crippen molar-refractivity contribution in [3.05, 3.63) is 36.0 Å². The monoisotopic (exact) mass is 282 g/mol. The van der Waals surface area contributed by atoms with Gasteiger partial charge in [-0.3, -0.25) is 4.79 Å². The first kappa shape index (κ1) is 12.9. The summed E-state index contributed by atoms with van der Waals surface area (Å²) in [5.74, 6) is 0.166. The van der Waals surface area contributed by atoms with Gasteiger partial charge in [0.25, 0.3) is 5.91 Å². The highest BCUT2D eigenvalue weighted by molar-refractivity contribution is 5.98. The molecule has 21 heavy (non-hydrogen) atoms. The fourth-order valence-corrected chi connectivity index (χ4v) is 4.17. The zero-order valence-corrected chi connectivity index (χ0v) is 12.4. The van der Waals surface area contributed by atoms with Crippen LogP contribution in [-0.4, -0.2) is 28.9 Å². The van der Waals surface area contributed by atoms with Gasteiger partial charge in [0.05, 0.1) is 0 Å². The Labute approximate surface area is 125 Å². The van der Waals surface area contributed by atoms with Crippen LogP contribution in [0.1, 0.15) is 49.0 Å². The minimum atomic E-state index is 0.166. The number of para-hydroxylation sites is 1. The number of H-pyrrole nitrogens is 1. The van der Waals surface area contributed by atoms with Gasteiger partial charge in [-0.05, 0) is 43.2 Å². The molecule has 3 nitrogen and oxygen atoms in total. The Kier molecular flexibility index (Phi) is 3.02. The van der Waals surface area contributed by atoms with Gasteiger partial charge in [-0.2, -0.15) is 0 Å². The predicted molar refractivity (Wildman–Crippen MR) is 84.3 cm³/mol. The van der Waals surface area contributed by atoms with E-state index in [1.165, 1.54) is 38.5 Å². The molecule has 1 aromatic carbocycles. The maximum absolute atomic E-state index is 12.7. The number of piperidine rings is 1. The van der Waals surface area contributed by atoms with Gasteiger partial charge in [-0.25, -0.2) is 0 Å². The van der Waals surface area contributed by atoms with Crippen LogP contribution >= 0.6 is 0 Å². The second kappa shape index (κ2) is 4.90. The summed E-state index contributed by atoms with van der Waals surface area (Å²) < 4.78 is 0. The van der Waals surface area contributed by atoms with E-state index in [9.17, 15) is 4.79 Å². The molecule has 0 bridgehead atoms. The van der Waals surface area contributed by atoms with Gasteiger partial charge < -0.3 is 9.88 Å². The van der Waals surface area contributed by atoms with Gasteiger partial charge in [-0.1, -0.05) is 31.0 Å². The first-order chi connectivity index (χ1) is 10.3. The molecule has 1 amide bonds. The van der Waals surface area contributed by atoms with Crippen molar-refractivity contribution in [1.82, 2.24) is 9.88 Å². The predicted octanol–water partition coefficient (Wildman–Crippen LogP) is 3.96. The summed E-state index contributed by atoms with van der Waals surface area (Å²) in [6.07, 6.45) is 7.91. The molecule has 2 aliphatic rings. The number of likely N-dealkylation sites (tertiary alicyclic amines) is 1. The molecular weight excluding hydrogens is 260 g/mol. The van der Waals surface area contributed by atoms with Gasteiger partial charge in [-0.15, -0.1) is 0 Å². The van der Waals surface area contributed by atoms with Crippen LogP contribution in [0.2, 0.25) is 0 Å². The molecule has 1 saturated heterocycles. The summed E-state index contributed by atoms with van der Waals surface area (Å²) in [5.41, 5.74) is 2.35. The number of carbonyl (C=O) groups is 1. The van der Waals surface area contributed by atoms with Crippen molar-refractivity contribution in [2.24, 2.45) is 5.41 Å². The highest BCUT2D eigenvalue weighted by Crippen LogP contribution is 2.46. The summed E-state index contributed by atoms with van der Waals surface area (Å²) in [7, 11) is 0. The van der Waals surface area contributed by atoms with Crippen LogP contribution in [0.4, 0.5) is 0 Å². The number of nitrogens with one attached hydrogen (secondary N) is 1. The van der Waals surface area contributed by atoms with E-state index in [4.69, 9.17) is 0 Å². The van der Waals surface area contributed by atoms with Crippen LogP contribution in [-0.2, 0) is 0 Å². The molecule has 1 aliphatic carbocycles. The van der Waals surface area contributed by atoms with Gasteiger partial charge in [0.1, 0.15) is 5.69 Å². The van der Waals surface area contributed by atoms with Crippen LogP contribution < -0.4 is 0 Å². The molecule has 1 spiro atoms. The first-order valence-electron chi connectivity index (χ1n) is 8.13. The first-order valence-corrected chi connectivity index (χ1v) is 8.13. The average Bonchev–Trinajstić information content (AvgIpc) is 3.14. The van der Waals surface area contributed by atoms with Gasteiger partial charge in [0.15, 0.2) is 0 Å². The quantitative estimate of drug-likeness (QED) is 0.844. The lowest BCUT2D eigenvalue weighted by atomic mass is 9.77. The molecule has 110 valence electrons. The number of rotatable bonds is 1. The Bertz CT molecular complexity index is 624. The van der Waals surface area contributed by atoms with Gasteiger partial charge >= 0.3 is 0 Å². The van der Waals surface area contributed by atoms with Gasteiger partial charge in [0, 0.05) is 24.0 Å². The molecule has 1 aromatic heterocycles. The van der Waals surface area contributed by atoms with Crippen molar-refractivity contribution < 1.29 is 4.79 Å². The molecule has 0 radical (unpaired) electrons. The van der Waals surface area contributed by atoms with E-state index >= 15 is 0 Å². The van der Waals surface area contributed by atoms with Crippen LogP contribution in [0.15, 0.2) is 30.3 Å². The van der Waals surface area contributed by atoms with E-state index in [1.807, 2.05) is 35.2 Å². The lowest BCUT2D eigenvalue weighted by Crippen LogP contribution is -2.42. The van der Waals surface area contributed by atoms with E-state index in [-0.39, 0.29) is 5.91 Å². The largest absolute Gasteiger partial charge is 0.351 e. The smallest absolute Gasteiger partial charge is 0.270 e. The van der Waals surface area contributed by atoms with E-state index in [0.717, 1.165) is 29.7 Å². The summed E-state index contributed by atoms with van der Waals surface area (Å²) >= 11 is 0. The number of fused-ring (bicyclic) bond motifs is 1. The average molecular weight is 282 g/mol. The number of hydrogen-bond donors (Lipinski definition) is 1. The van der Waals surface area contributed by atoms with E-state index in [1.54, 1.807) is 0 Å². The lowest BCUT2D eigenvalue weighted by Gasteiger charge is -2.39. The number of aromatic nitrogens is 1. The summed E-state index contributed by atoms with van der Waals surface area (Å²) in [4.78, 5) is 18.0. The second-order valence-electron chi connectivity index (χ2n) is 6.77. The number of aromatic amines is 1. The Balaban J connectivity index is 1.50. The fourth-order valence-electron chi connectivity index (χ4n) is 4.17. The highest BCUT2D eigenvalue weighted by Gasteiger charge is 2.38. The van der Waals surface area contributed by atoms with Crippen LogP contribution in [0.25, 0.3) is 10.9 Å². The van der Waals surface area contributed by atoms with Crippen molar-refractivity contribution in [3.63, 3.8) is 0 Å². The topological polar surface area (TPSA) is 36.1 Å². The van der Waals surface area contributed by atoms with Crippen molar-refractivity contribution in [1.29, 1.82) is 0 Å². The molecule has 1 saturated carbocycles. The fraction of sp³-hybridized carbons (Fsp3) is 0.500. The Hall–Kier alpha value is -1.77. The van der Waals surface area contributed by atoms with Crippen LogP contribution in [0, 0.1) is 5.41 Å². The second-order valence-corrected chi connectivity index (χ2v) is 6.77. The van der Waals surface area contributed by atoms with Gasteiger partial charge in [0.2, 0.25) is 0 Å². The molecule has 2 heterocycles. The van der Waals surface area contributed by atoms with E-state index in [2.05, 4.69) is 4.98 Å². The number of nitrogens with zero attached hydrogens (tertiary/aromatic N) is 1. The zero-order valence-electron chi connectivity index (χ0n) is 12.4. The molecule has 2 fully saturated rings. The molecular formula is C18H22N2O. The normalized spacial score (nSPS) is 21.2. The lowest BCUT2D eigenvalue weighted by molar-refractivity contribution is 0.0583. The minimum absolute atomic E-state index is 0.166. The third-order valence-electron chi connectivity index (χ3n) is 5.54. The molecule has 4 rings (SSSR count). The number of hydrogen-bond acceptors (Lipinski definition) is 1. The third-order valence-corrected chi connectivity index (χ3v) is 5.54. The maximum Gasteiger partial charge on any atom is 0.270 e. The maximum atomic E-state index is 12.7. The summed E-state index contributed by atoms with van der Waals surface area (Å²) in [6.45, 7) is 1.85. The van der Waals surface area contributed by atoms with E-state index in [0.29, 0.717) is 5.41 Å². The Morgan fingerprint density at radius 2 is 1.76 bits per heavy atom. The molecule has 3 heteroatoms. The molecule has 1 N–H and O–H groups in total. The van der Waals surface area contributed by atoms with Crippen molar-refractivity contribution >= 4 is 16.8 Å². The van der Waals surface area contributed by atoms with Crippen molar-refractivity contribution in [2.75, 3.05) is 13.1 Å².